The number of aliphatic carboxylic acids is 1. The van der Waals surface area contributed by atoms with Gasteiger partial charge >= 0.3 is 12.1 Å². The number of fused-ring (bicyclic) bond motifs is 3. The van der Waals surface area contributed by atoms with E-state index < -0.39 is 17.6 Å². The Bertz CT molecular complexity index is 1030. The van der Waals surface area contributed by atoms with Gasteiger partial charge in [-0.25, -0.2) is 4.79 Å². The van der Waals surface area contributed by atoms with Gasteiger partial charge in [0.1, 0.15) is 12.1 Å². The Morgan fingerprint density at radius 1 is 1.00 bits per heavy atom. The Morgan fingerprint density at radius 3 is 2.16 bits per heavy atom. The fourth-order valence-electron chi connectivity index (χ4n) is 4.94. The van der Waals surface area contributed by atoms with Gasteiger partial charge in [-0.15, -0.1) is 0 Å². The summed E-state index contributed by atoms with van der Waals surface area (Å²) in [6.07, 6.45) is 1.93. The quantitative estimate of drug-likeness (QED) is 0.620. The van der Waals surface area contributed by atoms with Gasteiger partial charge in [0.05, 0.1) is 5.92 Å². The molecule has 7 heteroatoms. The topological polar surface area (TPSA) is 105 Å². The third-order valence-electron chi connectivity index (χ3n) is 7.09. The molecule has 7 nitrogen and oxygen atoms in total. The fourth-order valence-corrected chi connectivity index (χ4v) is 4.94. The molecule has 2 fully saturated rings. The zero-order chi connectivity index (χ0) is 22.3. The van der Waals surface area contributed by atoms with E-state index in [-0.39, 0.29) is 30.3 Å². The maximum atomic E-state index is 12.8. The highest BCUT2D eigenvalue weighted by atomic mass is 16.5. The number of carbonyl (C=O) groups excluding carboxylic acids is 2. The van der Waals surface area contributed by atoms with Gasteiger partial charge in [0.25, 0.3) is 0 Å². The minimum Gasteiger partial charge on any atom is -0.481 e. The molecule has 2 aromatic carbocycles. The van der Waals surface area contributed by atoms with E-state index in [1.807, 2.05) is 24.3 Å². The van der Waals surface area contributed by atoms with Crippen LogP contribution in [0, 0.1) is 11.8 Å². The van der Waals surface area contributed by atoms with Crippen LogP contribution in [0.4, 0.5) is 4.79 Å². The smallest absolute Gasteiger partial charge is 0.408 e. The van der Waals surface area contributed by atoms with E-state index in [0.717, 1.165) is 28.7 Å². The average Bonchev–Trinajstić information content (AvgIpc) is 3.49. The summed E-state index contributed by atoms with van der Waals surface area (Å²) in [7, 11) is 0. The minimum absolute atomic E-state index is 0.0250. The number of carboxylic acids is 1. The maximum Gasteiger partial charge on any atom is 0.408 e. The Hall–Kier alpha value is -3.35. The van der Waals surface area contributed by atoms with Crippen LogP contribution in [-0.4, -0.2) is 41.8 Å². The number of ether oxygens (including phenoxy) is 1. The van der Waals surface area contributed by atoms with Crippen LogP contribution in [0.15, 0.2) is 48.5 Å². The molecule has 2 amide bonds. The Labute approximate surface area is 186 Å². The number of hydrogen-bond donors (Lipinski definition) is 3. The molecule has 2 aromatic rings. The first-order valence-corrected chi connectivity index (χ1v) is 11.1. The van der Waals surface area contributed by atoms with Crippen molar-refractivity contribution < 1.29 is 24.2 Å². The number of carboxylic acid groups (broad SMARTS) is 1. The van der Waals surface area contributed by atoms with E-state index in [1.165, 1.54) is 0 Å². The zero-order valence-electron chi connectivity index (χ0n) is 17.7. The van der Waals surface area contributed by atoms with Crippen molar-refractivity contribution in [2.75, 3.05) is 13.2 Å². The van der Waals surface area contributed by atoms with Crippen LogP contribution in [0.5, 0.6) is 0 Å². The van der Waals surface area contributed by atoms with Gasteiger partial charge in [0.2, 0.25) is 5.91 Å². The molecule has 3 N–H and O–H groups in total. The van der Waals surface area contributed by atoms with Crippen molar-refractivity contribution in [3.05, 3.63) is 59.7 Å². The molecular formula is C25H26N2O5. The van der Waals surface area contributed by atoms with Gasteiger partial charge in [0, 0.05) is 12.5 Å². The fraction of sp³-hybridized carbons (Fsp3) is 0.400. The highest BCUT2D eigenvalue weighted by molar-refractivity contribution is 5.91. The molecule has 0 aliphatic heterocycles. The average molecular weight is 434 g/mol. The molecule has 5 rings (SSSR count). The van der Waals surface area contributed by atoms with Gasteiger partial charge in [-0.1, -0.05) is 48.5 Å². The molecule has 3 aliphatic rings. The standard InChI is InChI=1S/C25H26N2O5/c28-22(29)20-12-15(20)13-26-23(30)25(10-5-11-25)27-24(31)32-14-21-18-8-3-1-6-16(18)17-7-2-4-9-19(17)21/h1-4,6-9,15,20-21H,5,10-14H2,(H,26,30)(H,27,31)(H,28,29). The van der Waals surface area contributed by atoms with Crippen LogP contribution in [-0.2, 0) is 14.3 Å². The zero-order valence-corrected chi connectivity index (χ0v) is 17.7. The normalized spacial score (nSPS) is 22.1. The van der Waals surface area contributed by atoms with Gasteiger partial charge in [0.15, 0.2) is 0 Å². The van der Waals surface area contributed by atoms with Gasteiger partial charge in [-0.2, -0.15) is 0 Å². The summed E-state index contributed by atoms with van der Waals surface area (Å²) in [5.41, 5.74) is 3.62. The van der Waals surface area contributed by atoms with Crippen molar-refractivity contribution in [1.29, 1.82) is 0 Å². The van der Waals surface area contributed by atoms with E-state index in [9.17, 15) is 14.4 Å². The number of amides is 2. The maximum absolute atomic E-state index is 12.8. The molecule has 2 atom stereocenters. The summed E-state index contributed by atoms with van der Waals surface area (Å²) in [5, 5.41) is 14.6. The first-order chi connectivity index (χ1) is 15.5. The molecule has 2 unspecified atom stereocenters. The molecule has 0 heterocycles. The second-order valence-corrected chi connectivity index (χ2v) is 9.04. The Balaban J connectivity index is 1.19. The minimum atomic E-state index is -0.962. The molecule has 0 aromatic heterocycles. The predicted molar refractivity (Wildman–Crippen MR) is 117 cm³/mol. The Morgan fingerprint density at radius 2 is 1.62 bits per heavy atom. The van der Waals surface area contributed by atoms with E-state index in [2.05, 4.69) is 34.9 Å². The molecule has 0 saturated heterocycles. The van der Waals surface area contributed by atoms with Gasteiger partial charge in [-0.05, 0) is 53.9 Å². The van der Waals surface area contributed by atoms with Crippen molar-refractivity contribution in [3.8, 4) is 11.1 Å². The molecule has 0 spiro atoms. The summed E-state index contributed by atoms with van der Waals surface area (Å²) >= 11 is 0. The van der Waals surface area contributed by atoms with Crippen molar-refractivity contribution in [3.63, 3.8) is 0 Å². The molecule has 3 aliphatic carbocycles. The van der Waals surface area contributed by atoms with E-state index in [1.54, 1.807) is 0 Å². The number of hydrogen-bond acceptors (Lipinski definition) is 4. The molecule has 2 saturated carbocycles. The van der Waals surface area contributed by atoms with Crippen LogP contribution < -0.4 is 10.6 Å². The molecule has 166 valence electrons. The van der Waals surface area contributed by atoms with Gasteiger partial charge < -0.3 is 20.5 Å². The largest absolute Gasteiger partial charge is 0.481 e. The predicted octanol–water partition coefficient (Wildman–Crippen LogP) is 3.28. The number of alkyl carbamates (subject to hydrolysis) is 1. The van der Waals surface area contributed by atoms with Crippen LogP contribution >= 0.6 is 0 Å². The van der Waals surface area contributed by atoms with Gasteiger partial charge in [-0.3, -0.25) is 9.59 Å². The Kier molecular flexibility index (Phi) is 5.12. The third kappa shape index (κ3) is 3.61. The first-order valence-electron chi connectivity index (χ1n) is 11.1. The van der Waals surface area contributed by atoms with E-state index in [4.69, 9.17) is 9.84 Å². The number of rotatable bonds is 7. The van der Waals surface area contributed by atoms with Crippen LogP contribution in [0.3, 0.4) is 0 Å². The number of benzene rings is 2. The summed E-state index contributed by atoms with van der Waals surface area (Å²) in [4.78, 5) is 36.4. The summed E-state index contributed by atoms with van der Waals surface area (Å²) in [5.74, 6) is -1.51. The highest BCUT2D eigenvalue weighted by Crippen LogP contribution is 2.44. The monoisotopic (exact) mass is 434 g/mol. The number of carbonyl (C=O) groups is 3. The van der Waals surface area contributed by atoms with Crippen molar-refractivity contribution in [1.82, 2.24) is 10.6 Å². The van der Waals surface area contributed by atoms with E-state index >= 15 is 0 Å². The summed E-state index contributed by atoms with van der Waals surface area (Å²) < 4.78 is 5.60. The van der Waals surface area contributed by atoms with E-state index in [0.29, 0.717) is 25.8 Å². The molecule has 0 radical (unpaired) electrons. The van der Waals surface area contributed by atoms with Crippen LogP contribution in [0.25, 0.3) is 11.1 Å². The lowest BCUT2D eigenvalue weighted by molar-refractivity contribution is -0.139. The lowest BCUT2D eigenvalue weighted by atomic mass is 9.76. The highest BCUT2D eigenvalue weighted by Gasteiger charge is 2.48. The lowest BCUT2D eigenvalue weighted by Crippen LogP contribution is -2.63. The van der Waals surface area contributed by atoms with Crippen LogP contribution in [0.1, 0.15) is 42.7 Å². The molecule has 0 bridgehead atoms. The van der Waals surface area contributed by atoms with Crippen molar-refractivity contribution in [2.45, 2.75) is 37.1 Å². The van der Waals surface area contributed by atoms with Crippen molar-refractivity contribution >= 4 is 18.0 Å². The second-order valence-electron chi connectivity index (χ2n) is 9.04. The third-order valence-corrected chi connectivity index (χ3v) is 7.09. The lowest BCUT2D eigenvalue weighted by Gasteiger charge is -2.40. The second kappa shape index (κ2) is 7.97. The van der Waals surface area contributed by atoms with Crippen molar-refractivity contribution in [2.24, 2.45) is 11.8 Å². The molecule has 32 heavy (non-hydrogen) atoms. The van der Waals surface area contributed by atoms with Crippen LogP contribution in [0.2, 0.25) is 0 Å². The summed E-state index contributed by atoms with van der Waals surface area (Å²) in [6, 6.07) is 16.3. The summed E-state index contributed by atoms with van der Waals surface area (Å²) in [6.45, 7) is 0.518. The SMILES string of the molecule is O=C(NC1(C(=O)NCC2CC2C(=O)O)CCC1)OCC1c2ccccc2-c2ccccc21. The first kappa shape index (κ1) is 20.5. The molecular weight excluding hydrogens is 408 g/mol. The number of nitrogens with one attached hydrogen (secondary N) is 2.